The van der Waals surface area contributed by atoms with Gasteiger partial charge >= 0.3 is 5.97 Å². The zero-order valence-corrected chi connectivity index (χ0v) is 22.7. The van der Waals surface area contributed by atoms with Gasteiger partial charge in [0.15, 0.2) is 0 Å². The number of hydrogen-bond acceptors (Lipinski definition) is 6. The molecule has 3 aromatic carbocycles. The molecule has 1 aliphatic heterocycles. The number of anilines is 1. The van der Waals surface area contributed by atoms with Crippen LogP contribution in [0.15, 0.2) is 66.7 Å². The van der Waals surface area contributed by atoms with Gasteiger partial charge in [-0.1, -0.05) is 42.5 Å². The Morgan fingerprint density at radius 2 is 1.61 bits per heavy atom. The van der Waals surface area contributed by atoms with Crippen LogP contribution in [0.25, 0.3) is 11.1 Å². The molecule has 0 aromatic heterocycles. The van der Waals surface area contributed by atoms with Gasteiger partial charge in [0.2, 0.25) is 0 Å². The fourth-order valence-corrected chi connectivity index (χ4v) is 4.44. The maximum Gasteiger partial charge on any atom is 0.340 e. The van der Waals surface area contributed by atoms with Crippen molar-refractivity contribution in [3.63, 3.8) is 0 Å². The third-order valence-electron chi connectivity index (χ3n) is 6.61. The molecule has 4 rings (SSSR count). The highest BCUT2D eigenvalue weighted by molar-refractivity contribution is 6.10. The van der Waals surface area contributed by atoms with Crippen LogP contribution in [0, 0.1) is 0 Å². The standard InChI is InChI=1S/C31H37N3O4/c1-31(2,3)38-30(37)25-12-11-24(23-8-6-5-7-9-23)21-27(25)32-29(36)26-20-22(10-13-28(26)35)14-15-34-18-16-33(4)17-19-34/h5-13,20-21,35H,14-19H2,1-4H3,(H,32,36). The maximum atomic E-state index is 13.4. The van der Waals surface area contributed by atoms with Crippen molar-refractivity contribution in [1.29, 1.82) is 0 Å². The molecule has 1 amide bonds. The molecule has 1 heterocycles. The minimum atomic E-state index is -0.688. The first-order chi connectivity index (χ1) is 18.1. The molecule has 1 aliphatic rings. The van der Waals surface area contributed by atoms with Crippen molar-refractivity contribution in [1.82, 2.24) is 9.80 Å². The van der Waals surface area contributed by atoms with Gasteiger partial charge in [-0.25, -0.2) is 4.79 Å². The van der Waals surface area contributed by atoms with Gasteiger partial charge in [-0.2, -0.15) is 0 Å². The number of hydrogen-bond donors (Lipinski definition) is 2. The molecule has 0 spiro atoms. The second-order valence-electron chi connectivity index (χ2n) is 10.8. The van der Waals surface area contributed by atoms with Gasteiger partial charge in [-0.3, -0.25) is 4.79 Å². The fraction of sp³-hybridized carbons (Fsp3) is 0.355. The lowest BCUT2D eigenvalue weighted by atomic mass is 10.0. The molecule has 1 saturated heterocycles. The summed E-state index contributed by atoms with van der Waals surface area (Å²) in [6, 6.07) is 20.1. The quantitative estimate of drug-likeness (QED) is 0.428. The Labute approximate surface area is 225 Å². The van der Waals surface area contributed by atoms with Gasteiger partial charge in [-0.05, 0) is 75.2 Å². The number of nitrogens with one attached hydrogen (secondary N) is 1. The number of phenols is 1. The van der Waals surface area contributed by atoms with Crippen LogP contribution in [0.1, 0.15) is 47.1 Å². The number of nitrogens with zero attached hydrogens (tertiary/aromatic N) is 2. The Bertz CT molecular complexity index is 1280. The normalized spacial score (nSPS) is 14.7. The van der Waals surface area contributed by atoms with Crippen molar-refractivity contribution in [3.05, 3.63) is 83.4 Å². The van der Waals surface area contributed by atoms with E-state index in [0.29, 0.717) is 5.69 Å². The van der Waals surface area contributed by atoms with E-state index >= 15 is 0 Å². The van der Waals surface area contributed by atoms with Gasteiger partial charge in [0.05, 0.1) is 16.8 Å². The minimum absolute atomic E-state index is 0.108. The number of amides is 1. The van der Waals surface area contributed by atoms with E-state index in [1.54, 1.807) is 45.0 Å². The summed E-state index contributed by atoms with van der Waals surface area (Å²) in [5.74, 6) is -1.12. The van der Waals surface area contributed by atoms with E-state index in [2.05, 4.69) is 22.2 Å². The summed E-state index contributed by atoms with van der Waals surface area (Å²) in [5, 5.41) is 13.4. The lowest BCUT2D eigenvalue weighted by molar-refractivity contribution is 0.00707. The molecule has 1 fully saturated rings. The number of carbonyl (C=O) groups excluding carboxylic acids is 2. The molecular formula is C31H37N3O4. The van der Waals surface area contributed by atoms with E-state index in [-0.39, 0.29) is 16.9 Å². The SMILES string of the molecule is CN1CCN(CCc2ccc(O)c(C(=O)Nc3cc(-c4ccccc4)ccc3C(=O)OC(C)(C)C)c2)CC1. The van der Waals surface area contributed by atoms with Crippen LogP contribution in [0.5, 0.6) is 5.75 Å². The first kappa shape index (κ1) is 27.4. The van der Waals surface area contributed by atoms with Crippen molar-refractivity contribution in [3.8, 4) is 16.9 Å². The number of likely N-dealkylation sites (N-methyl/N-ethyl adjacent to an activating group) is 1. The summed E-state index contributed by atoms with van der Waals surface area (Å²) in [6.45, 7) is 10.4. The van der Waals surface area contributed by atoms with Crippen molar-refractivity contribution in [2.45, 2.75) is 32.8 Å². The van der Waals surface area contributed by atoms with Crippen LogP contribution in [0.4, 0.5) is 5.69 Å². The molecule has 38 heavy (non-hydrogen) atoms. The molecular weight excluding hydrogens is 478 g/mol. The number of phenolic OH excluding ortho intramolecular Hbond substituents is 1. The number of aromatic hydroxyl groups is 1. The number of piperazine rings is 1. The molecule has 0 atom stereocenters. The number of rotatable bonds is 7. The lowest BCUT2D eigenvalue weighted by Crippen LogP contribution is -2.45. The molecule has 0 radical (unpaired) electrons. The van der Waals surface area contributed by atoms with E-state index < -0.39 is 17.5 Å². The summed E-state index contributed by atoms with van der Waals surface area (Å²) >= 11 is 0. The summed E-state index contributed by atoms with van der Waals surface area (Å²) < 4.78 is 5.59. The lowest BCUT2D eigenvalue weighted by Gasteiger charge is -2.32. The summed E-state index contributed by atoms with van der Waals surface area (Å²) in [6.07, 6.45) is 0.775. The van der Waals surface area contributed by atoms with Crippen LogP contribution in [0.3, 0.4) is 0 Å². The van der Waals surface area contributed by atoms with Crippen molar-refractivity contribution in [2.24, 2.45) is 0 Å². The molecule has 3 aromatic rings. The Morgan fingerprint density at radius 1 is 0.895 bits per heavy atom. The predicted octanol–water partition coefficient (Wildman–Crippen LogP) is 5.06. The average molecular weight is 516 g/mol. The van der Waals surface area contributed by atoms with Crippen LogP contribution in [0.2, 0.25) is 0 Å². The van der Waals surface area contributed by atoms with Crippen LogP contribution >= 0.6 is 0 Å². The minimum Gasteiger partial charge on any atom is -0.507 e. The first-order valence-electron chi connectivity index (χ1n) is 13.1. The highest BCUT2D eigenvalue weighted by atomic mass is 16.6. The van der Waals surface area contributed by atoms with Gasteiger partial charge in [0, 0.05) is 32.7 Å². The van der Waals surface area contributed by atoms with Crippen molar-refractivity contribution < 1.29 is 19.4 Å². The molecule has 2 N–H and O–H groups in total. The second-order valence-corrected chi connectivity index (χ2v) is 10.8. The van der Waals surface area contributed by atoms with Gasteiger partial charge < -0.3 is 25.0 Å². The fourth-order valence-electron chi connectivity index (χ4n) is 4.44. The number of esters is 1. The summed E-state index contributed by atoms with van der Waals surface area (Å²) in [7, 11) is 2.13. The summed E-state index contributed by atoms with van der Waals surface area (Å²) in [4.78, 5) is 31.1. The Kier molecular flexibility index (Phi) is 8.49. The number of carbonyl (C=O) groups is 2. The molecule has 0 aliphatic carbocycles. The predicted molar refractivity (Wildman–Crippen MR) is 151 cm³/mol. The zero-order chi connectivity index (χ0) is 27.3. The number of benzene rings is 3. The van der Waals surface area contributed by atoms with E-state index in [1.807, 2.05) is 42.5 Å². The van der Waals surface area contributed by atoms with Crippen LogP contribution < -0.4 is 5.32 Å². The Morgan fingerprint density at radius 3 is 2.29 bits per heavy atom. The first-order valence-corrected chi connectivity index (χ1v) is 13.1. The second kappa shape index (κ2) is 11.8. The molecule has 0 bridgehead atoms. The third kappa shape index (κ3) is 7.21. The molecule has 7 nitrogen and oxygen atoms in total. The third-order valence-corrected chi connectivity index (χ3v) is 6.61. The van der Waals surface area contributed by atoms with Crippen LogP contribution in [-0.4, -0.2) is 72.2 Å². The van der Waals surface area contributed by atoms with E-state index in [1.165, 1.54) is 0 Å². The van der Waals surface area contributed by atoms with E-state index in [0.717, 1.165) is 55.8 Å². The topological polar surface area (TPSA) is 82.1 Å². The maximum absolute atomic E-state index is 13.4. The Hall–Kier alpha value is -3.68. The smallest absolute Gasteiger partial charge is 0.340 e. The van der Waals surface area contributed by atoms with Gasteiger partial charge in [0.25, 0.3) is 5.91 Å². The monoisotopic (exact) mass is 515 g/mol. The van der Waals surface area contributed by atoms with Crippen molar-refractivity contribution >= 4 is 17.6 Å². The molecule has 200 valence electrons. The van der Waals surface area contributed by atoms with E-state index in [9.17, 15) is 14.7 Å². The highest BCUT2D eigenvalue weighted by Gasteiger charge is 2.23. The molecule has 7 heteroatoms. The van der Waals surface area contributed by atoms with Crippen LogP contribution in [-0.2, 0) is 11.2 Å². The number of ether oxygens (including phenoxy) is 1. The highest BCUT2D eigenvalue weighted by Crippen LogP contribution is 2.29. The molecule has 0 unspecified atom stereocenters. The summed E-state index contributed by atoms with van der Waals surface area (Å²) in [5.41, 5.74) is 2.82. The van der Waals surface area contributed by atoms with Gasteiger partial charge in [0.1, 0.15) is 11.4 Å². The Balaban J connectivity index is 1.57. The largest absolute Gasteiger partial charge is 0.507 e. The zero-order valence-electron chi connectivity index (χ0n) is 22.7. The molecule has 0 saturated carbocycles. The van der Waals surface area contributed by atoms with E-state index in [4.69, 9.17) is 4.74 Å². The average Bonchev–Trinajstić information content (AvgIpc) is 2.88. The van der Waals surface area contributed by atoms with Gasteiger partial charge in [-0.15, -0.1) is 0 Å². The van der Waals surface area contributed by atoms with Crippen molar-refractivity contribution in [2.75, 3.05) is 45.1 Å².